The highest BCUT2D eigenvalue weighted by molar-refractivity contribution is 7.92. The third-order valence-electron chi connectivity index (χ3n) is 6.04. The van der Waals surface area contributed by atoms with Crippen LogP contribution in [0.2, 0.25) is 10.0 Å². The predicted octanol–water partition coefficient (Wildman–Crippen LogP) is 5.04. The summed E-state index contributed by atoms with van der Waals surface area (Å²) in [6.07, 6.45) is 2.95. The van der Waals surface area contributed by atoms with E-state index in [0.29, 0.717) is 27.7 Å². The Labute approximate surface area is 224 Å². The molecule has 0 aliphatic rings. The minimum atomic E-state index is -3.78. The Balaban J connectivity index is 2.45. The maximum absolute atomic E-state index is 13.7. The van der Waals surface area contributed by atoms with Crippen LogP contribution < -0.4 is 9.62 Å². The van der Waals surface area contributed by atoms with Gasteiger partial charge in [-0.05, 0) is 61.6 Å². The Morgan fingerprint density at radius 2 is 1.56 bits per heavy atom. The van der Waals surface area contributed by atoms with Crippen molar-refractivity contribution < 1.29 is 18.0 Å². The fraction of sp³-hybridized carbons (Fsp3) is 0.462. The standard InChI is InChI=1S/C26H35Cl2N3O4S/c1-6-18(4)29-26(33)24(8-3)30(16-20-11-14-22(27)23(28)15-20)25(32)17-31(36(5,34)35)21-12-9-19(7-2)10-13-21/h9-15,18,24H,6-8,16-17H2,1-5H3,(H,29,33). The number of carbonyl (C=O) groups excluding carboxylic acids is 2. The molecule has 0 bridgehead atoms. The molecule has 0 saturated heterocycles. The lowest BCUT2D eigenvalue weighted by atomic mass is 10.1. The van der Waals surface area contributed by atoms with Crippen molar-refractivity contribution in [1.82, 2.24) is 10.2 Å². The van der Waals surface area contributed by atoms with Gasteiger partial charge in [0.25, 0.3) is 0 Å². The third kappa shape index (κ3) is 8.11. The number of hydrogen-bond donors (Lipinski definition) is 1. The van der Waals surface area contributed by atoms with Crippen LogP contribution in [0.3, 0.4) is 0 Å². The van der Waals surface area contributed by atoms with E-state index in [1.54, 1.807) is 30.3 Å². The fourth-order valence-electron chi connectivity index (χ4n) is 3.71. The van der Waals surface area contributed by atoms with Crippen molar-refractivity contribution in [3.8, 4) is 0 Å². The van der Waals surface area contributed by atoms with Gasteiger partial charge in [-0.1, -0.05) is 62.2 Å². The van der Waals surface area contributed by atoms with Crippen LogP contribution in [0.25, 0.3) is 0 Å². The first kappa shape index (κ1) is 29.9. The molecule has 0 heterocycles. The van der Waals surface area contributed by atoms with Gasteiger partial charge in [-0.3, -0.25) is 13.9 Å². The molecule has 2 aromatic rings. The summed E-state index contributed by atoms with van der Waals surface area (Å²) in [5.41, 5.74) is 2.10. The second-order valence-corrected chi connectivity index (χ2v) is 11.5. The minimum Gasteiger partial charge on any atom is -0.352 e. The van der Waals surface area contributed by atoms with Gasteiger partial charge >= 0.3 is 0 Å². The number of nitrogens with zero attached hydrogens (tertiary/aromatic N) is 2. The second kappa shape index (κ2) is 13.3. The summed E-state index contributed by atoms with van der Waals surface area (Å²) in [5, 5.41) is 3.64. The molecule has 1 N–H and O–H groups in total. The number of carbonyl (C=O) groups is 2. The molecule has 0 aliphatic carbocycles. The zero-order chi connectivity index (χ0) is 27.0. The van der Waals surface area contributed by atoms with Gasteiger partial charge in [-0.15, -0.1) is 0 Å². The van der Waals surface area contributed by atoms with Gasteiger partial charge in [0, 0.05) is 12.6 Å². The summed E-state index contributed by atoms with van der Waals surface area (Å²) in [5.74, 6) is -0.796. The van der Waals surface area contributed by atoms with Crippen molar-refractivity contribution in [2.24, 2.45) is 0 Å². The van der Waals surface area contributed by atoms with Crippen molar-refractivity contribution in [3.05, 3.63) is 63.6 Å². The molecule has 2 amide bonds. The van der Waals surface area contributed by atoms with Crippen LogP contribution in [-0.2, 0) is 32.6 Å². The fourth-order valence-corrected chi connectivity index (χ4v) is 4.88. The van der Waals surface area contributed by atoms with Crippen molar-refractivity contribution in [2.75, 3.05) is 17.1 Å². The summed E-state index contributed by atoms with van der Waals surface area (Å²) in [6.45, 7) is 7.28. The van der Waals surface area contributed by atoms with Gasteiger partial charge in [0.1, 0.15) is 12.6 Å². The second-order valence-electron chi connectivity index (χ2n) is 8.80. The highest BCUT2D eigenvalue weighted by Gasteiger charge is 2.32. The first-order valence-corrected chi connectivity index (χ1v) is 14.6. The van der Waals surface area contributed by atoms with Gasteiger partial charge in [0.05, 0.1) is 22.0 Å². The van der Waals surface area contributed by atoms with E-state index in [4.69, 9.17) is 23.2 Å². The summed E-state index contributed by atoms with van der Waals surface area (Å²) in [6, 6.07) is 11.2. The van der Waals surface area contributed by atoms with E-state index >= 15 is 0 Å². The quantitative estimate of drug-likeness (QED) is 0.397. The van der Waals surface area contributed by atoms with Crippen LogP contribution in [0.15, 0.2) is 42.5 Å². The monoisotopic (exact) mass is 555 g/mol. The lowest BCUT2D eigenvalue weighted by molar-refractivity contribution is -0.140. The summed E-state index contributed by atoms with van der Waals surface area (Å²) >= 11 is 12.2. The first-order chi connectivity index (χ1) is 16.9. The third-order valence-corrected chi connectivity index (χ3v) is 7.92. The van der Waals surface area contributed by atoms with Crippen LogP contribution >= 0.6 is 23.2 Å². The molecule has 0 fully saturated rings. The Morgan fingerprint density at radius 3 is 2.06 bits per heavy atom. The van der Waals surface area contributed by atoms with Gasteiger partial charge in [-0.25, -0.2) is 8.42 Å². The molecule has 10 heteroatoms. The van der Waals surface area contributed by atoms with E-state index in [9.17, 15) is 18.0 Å². The van der Waals surface area contributed by atoms with Crippen molar-refractivity contribution in [3.63, 3.8) is 0 Å². The number of anilines is 1. The van der Waals surface area contributed by atoms with Crippen molar-refractivity contribution in [2.45, 2.75) is 65.6 Å². The Kier molecular flexibility index (Phi) is 11.1. The van der Waals surface area contributed by atoms with E-state index in [0.717, 1.165) is 29.0 Å². The molecule has 2 atom stereocenters. The number of aryl methyl sites for hydroxylation is 1. The highest BCUT2D eigenvalue weighted by atomic mass is 35.5. The zero-order valence-electron chi connectivity index (χ0n) is 21.4. The van der Waals surface area contributed by atoms with Crippen LogP contribution in [0.4, 0.5) is 5.69 Å². The molecular formula is C26H35Cl2N3O4S. The molecule has 36 heavy (non-hydrogen) atoms. The average molecular weight is 557 g/mol. The summed E-state index contributed by atoms with van der Waals surface area (Å²) in [4.78, 5) is 28.2. The molecule has 2 aromatic carbocycles. The molecular weight excluding hydrogens is 521 g/mol. The number of benzene rings is 2. The van der Waals surface area contributed by atoms with Crippen molar-refractivity contribution in [1.29, 1.82) is 0 Å². The number of rotatable bonds is 12. The van der Waals surface area contributed by atoms with E-state index in [1.165, 1.54) is 4.90 Å². The molecule has 7 nitrogen and oxygen atoms in total. The van der Waals surface area contributed by atoms with Crippen LogP contribution in [0.5, 0.6) is 0 Å². The van der Waals surface area contributed by atoms with Crippen molar-refractivity contribution >= 4 is 50.7 Å². The average Bonchev–Trinajstić information content (AvgIpc) is 2.83. The van der Waals surface area contributed by atoms with E-state index < -0.39 is 28.5 Å². The largest absolute Gasteiger partial charge is 0.352 e. The molecule has 0 spiro atoms. The Hall–Kier alpha value is -2.29. The van der Waals surface area contributed by atoms with E-state index in [1.807, 2.05) is 39.8 Å². The minimum absolute atomic E-state index is 0.0640. The number of nitrogens with one attached hydrogen (secondary N) is 1. The normalized spacial score (nSPS) is 13.1. The first-order valence-electron chi connectivity index (χ1n) is 12.0. The molecule has 198 valence electrons. The van der Waals surface area contributed by atoms with Gasteiger partial charge in [-0.2, -0.15) is 0 Å². The Bertz CT molecular complexity index is 1160. The predicted molar refractivity (Wildman–Crippen MR) is 147 cm³/mol. The van der Waals surface area contributed by atoms with Crippen LogP contribution in [0, 0.1) is 0 Å². The number of halogens is 2. The maximum Gasteiger partial charge on any atom is 0.244 e. The molecule has 2 rings (SSSR count). The van der Waals surface area contributed by atoms with Gasteiger partial charge in [0.2, 0.25) is 21.8 Å². The van der Waals surface area contributed by atoms with Gasteiger partial charge < -0.3 is 10.2 Å². The summed E-state index contributed by atoms with van der Waals surface area (Å²) in [7, 11) is -3.78. The molecule has 0 aliphatic heterocycles. The molecule has 0 saturated carbocycles. The SMILES string of the molecule is CCc1ccc(N(CC(=O)N(Cc2ccc(Cl)c(Cl)c2)C(CC)C(=O)NC(C)CC)S(C)(=O)=O)cc1. The highest BCUT2D eigenvalue weighted by Crippen LogP contribution is 2.25. The number of amides is 2. The lowest BCUT2D eigenvalue weighted by Gasteiger charge is -2.33. The topological polar surface area (TPSA) is 86.8 Å². The van der Waals surface area contributed by atoms with Crippen LogP contribution in [-0.4, -0.2) is 50.0 Å². The Morgan fingerprint density at radius 1 is 0.944 bits per heavy atom. The number of sulfonamides is 1. The van der Waals surface area contributed by atoms with E-state index in [-0.39, 0.29) is 18.5 Å². The van der Waals surface area contributed by atoms with E-state index in [2.05, 4.69) is 5.32 Å². The lowest BCUT2D eigenvalue weighted by Crippen LogP contribution is -2.53. The smallest absolute Gasteiger partial charge is 0.244 e. The number of hydrogen-bond acceptors (Lipinski definition) is 4. The maximum atomic E-state index is 13.7. The molecule has 0 radical (unpaired) electrons. The summed E-state index contributed by atoms with van der Waals surface area (Å²) < 4.78 is 26.4. The zero-order valence-corrected chi connectivity index (χ0v) is 23.8. The molecule has 0 aromatic heterocycles. The van der Waals surface area contributed by atoms with Crippen LogP contribution in [0.1, 0.15) is 51.7 Å². The molecule has 2 unspecified atom stereocenters. The van der Waals surface area contributed by atoms with Gasteiger partial charge in [0.15, 0.2) is 0 Å².